The van der Waals surface area contributed by atoms with Gasteiger partial charge >= 0.3 is 5.97 Å². The number of esters is 1. The highest BCUT2D eigenvalue weighted by atomic mass is 32.2. The van der Waals surface area contributed by atoms with Crippen LogP contribution in [0, 0.1) is 6.92 Å². The zero-order valence-electron chi connectivity index (χ0n) is 14.1. The van der Waals surface area contributed by atoms with Crippen molar-refractivity contribution in [3.8, 4) is 11.5 Å². The van der Waals surface area contributed by atoms with Crippen LogP contribution in [0.4, 0.5) is 0 Å². The number of carbonyl (C=O) groups is 1. The van der Waals surface area contributed by atoms with Crippen LogP contribution in [0.25, 0.3) is 16.6 Å². The molecule has 0 saturated carbocycles. The van der Waals surface area contributed by atoms with E-state index in [4.69, 9.17) is 14.2 Å². The summed E-state index contributed by atoms with van der Waals surface area (Å²) in [6.07, 6.45) is -0.133. The van der Waals surface area contributed by atoms with E-state index < -0.39 is 0 Å². The topological polar surface area (TPSA) is 75.0 Å². The van der Waals surface area contributed by atoms with Crippen LogP contribution in [0.5, 0.6) is 11.5 Å². The summed E-state index contributed by atoms with van der Waals surface area (Å²) in [5.41, 5.74) is 2.66. The Hall–Kier alpha value is -2.48. The van der Waals surface area contributed by atoms with Crippen LogP contribution in [-0.4, -0.2) is 39.2 Å². The van der Waals surface area contributed by atoms with Gasteiger partial charge in [-0.3, -0.25) is 9.20 Å². The van der Waals surface area contributed by atoms with E-state index >= 15 is 0 Å². The van der Waals surface area contributed by atoms with E-state index in [1.54, 1.807) is 0 Å². The predicted octanol–water partition coefficient (Wildman–Crippen LogP) is 2.96. The van der Waals surface area contributed by atoms with Gasteiger partial charge in [0.1, 0.15) is 0 Å². The molecular formula is C17H17N3O4S. The number of aryl methyl sites for hydroxylation is 1. The molecule has 3 heterocycles. The Morgan fingerprint density at radius 1 is 1.28 bits per heavy atom. The summed E-state index contributed by atoms with van der Waals surface area (Å²) in [7, 11) is 0. The molecule has 1 aliphatic rings. The minimum absolute atomic E-state index is 0.133. The molecule has 0 radical (unpaired) electrons. The van der Waals surface area contributed by atoms with Crippen molar-refractivity contribution in [1.29, 1.82) is 0 Å². The molecule has 0 aliphatic carbocycles. The fourth-order valence-corrected chi connectivity index (χ4v) is 3.54. The fraction of sp³-hybridized carbons (Fsp3) is 0.353. The molecule has 0 saturated heterocycles. The molecule has 0 amide bonds. The molecule has 2 aromatic heterocycles. The Bertz CT molecular complexity index is 983. The van der Waals surface area contributed by atoms with E-state index in [0.717, 1.165) is 27.9 Å². The quantitative estimate of drug-likeness (QED) is 0.524. The average Bonchev–Trinajstić information content (AvgIpc) is 3.17. The van der Waals surface area contributed by atoms with Gasteiger partial charge in [-0.1, -0.05) is 11.8 Å². The molecule has 0 spiro atoms. The largest absolute Gasteiger partial charge is 0.462 e. The fourth-order valence-electron chi connectivity index (χ4n) is 2.81. The molecule has 0 bridgehead atoms. The van der Waals surface area contributed by atoms with E-state index in [1.807, 2.05) is 43.4 Å². The molecule has 0 fully saturated rings. The number of nitrogens with zero attached hydrogens (tertiary/aromatic N) is 3. The van der Waals surface area contributed by atoms with E-state index in [-0.39, 0.29) is 24.6 Å². The van der Waals surface area contributed by atoms with E-state index in [2.05, 4.69) is 10.2 Å². The monoisotopic (exact) mass is 359 g/mol. The minimum atomic E-state index is -0.272. The van der Waals surface area contributed by atoms with Crippen LogP contribution in [0.3, 0.4) is 0 Å². The molecular weight excluding hydrogens is 342 g/mol. The van der Waals surface area contributed by atoms with Gasteiger partial charge in [0, 0.05) is 11.5 Å². The van der Waals surface area contributed by atoms with Crippen molar-refractivity contribution < 1.29 is 19.0 Å². The number of ether oxygens (including phenoxy) is 3. The van der Waals surface area contributed by atoms with Crippen LogP contribution in [0.2, 0.25) is 0 Å². The Kier molecular flexibility index (Phi) is 3.91. The van der Waals surface area contributed by atoms with Crippen molar-refractivity contribution in [2.24, 2.45) is 0 Å². The zero-order chi connectivity index (χ0) is 17.6. The van der Waals surface area contributed by atoms with Gasteiger partial charge < -0.3 is 14.2 Å². The van der Waals surface area contributed by atoms with Gasteiger partial charge in [0.15, 0.2) is 22.3 Å². The molecule has 0 atom stereocenters. The van der Waals surface area contributed by atoms with Gasteiger partial charge in [0.25, 0.3) is 0 Å². The van der Waals surface area contributed by atoms with Crippen LogP contribution in [-0.2, 0) is 9.53 Å². The molecule has 8 heteroatoms. The molecule has 0 N–H and O–H groups in total. The van der Waals surface area contributed by atoms with Gasteiger partial charge in [-0.2, -0.15) is 0 Å². The van der Waals surface area contributed by atoms with E-state index in [9.17, 15) is 4.79 Å². The van der Waals surface area contributed by atoms with Gasteiger partial charge in [-0.15, -0.1) is 10.2 Å². The molecule has 3 aromatic rings. The summed E-state index contributed by atoms with van der Waals surface area (Å²) in [5.74, 6) is 1.33. The molecule has 4 rings (SSSR count). The lowest BCUT2D eigenvalue weighted by Gasteiger charge is -2.09. The highest BCUT2D eigenvalue weighted by molar-refractivity contribution is 7.99. The number of carbonyl (C=O) groups excluding carboxylic acids is 1. The van der Waals surface area contributed by atoms with Crippen LogP contribution >= 0.6 is 11.8 Å². The number of fused-ring (bicyclic) bond motifs is 4. The summed E-state index contributed by atoms with van der Waals surface area (Å²) in [4.78, 5) is 11.8. The van der Waals surface area contributed by atoms with Crippen molar-refractivity contribution in [3.63, 3.8) is 0 Å². The number of benzene rings is 1. The average molecular weight is 359 g/mol. The van der Waals surface area contributed by atoms with E-state index in [0.29, 0.717) is 10.9 Å². The summed E-state index contributed by atoms with van der Waals surface area (Å²) in [6.45, 7) is 5.86. The Labute approximate surface area is 148 Å². The smallest absolute Gasteiger partial charge is 0.316 e. The van der Waals surface area contributed by atoms with Gasteiger partial charge in [0.05, 0.1) is 17.4 Å². The van der Waals surface area contributed by atoms with Crippen LogP contribution < -0.4 is 9.47 Å². The van der Waals surface area contributed by atoms with Gasteiger partial charge in [-0.25, -0.2) is 0 Å². The number of thioether (sulfide) groups is 1. The van der Waals surface area contributed by atoms with Crippen LogP contribution in [0.1, 0.15) is 19.4 Å². The Morgan fingerprint density at radius 3 is 2.80 bits per heavy atom. The third kappa shape index (κ3) is 2.86. The highest BCUT2D eigenvalue weighted by Gasteiger charge is 2.19. The first-order valence-corrected chi connectivity index (χ1v) is 8.92. The second kappa shape index (κ2) is 6.11. The first-order chi connectivity index (χ1) is 12.0. The summed E-state index contributed by atoms with van der Waals surface area (Å²) in [6, 6.07) is 5.92. The van der Waals surface area contributed by atoms with Crippen molar-refractivity contribution in [1.82, 2.24) is 14.6 Å². The molecule has 7 nitrogen and oxygen atoms in total. The molecule has 25 heavy (non-hydrogen) atoms. The maximum Gasteiger partial charge on any atom is 0.316 e. The highest BCUT2D eigenvalue weighted by Crippen LogP contribution is 2.37. The first-order valence-electron chi connectivity index (χ1n) is 7.93. The van der Waals surface area contributed by atoms with Crippen molar-refractivity contribution in [2.75, 3.05) is 12.5 Å². The third-order valence-electron chi connectivity index (χ3n) is 3.81. The lowest BCUT2D eigenvalue weighted by atomic mass is 10.1. The summed E-state index contributed by atoms with van der Waals surface area (Å²) < 4.78 is 18.1. The Balaban J connectivity index is 1.78. The number of aromatic nitrogens is 3. The second-order valence-electron chi connectivity index (χ2n) is 6.06. The normalized spacial score (nSPS) is 13.1. The molecule has 0 unspecified atom stereocenters. The lowest BCUT2D eigenvalue weighted by Crippen LogP contribution is -2.13. The minimum Gasteiger partial charge on any atom is -0.462 e. The molecule has 1 aliphatic heterocycles. The van der Waals surface area contributed by atoms with Gasteiger partial charge in [0.2, 0.25) is 6.79 Å². The van der Waals surface area contributed by atoms with Crippen molar-refractivity contribution in [2.45, 2.75) is 32.0 Å². The molecule has 1 aromatic carbocycles. The number of rotatable bonds is 4. The SMILES string of the molecule is Cc1cc2cc3c(cc2n2c(SCC(=O)OC(C)C)nnc12)OCO3. The van der Waals surface area contributed by atoms with Crippen LogP contribution in [0.15, 0.2) is 23.4 Å². The lowest BCUT2D eigenvalue weighted by molar-refractivity contribution is -0.144. The number of hydrogen-bond acceptors (Lipinski definition) is 7. The van der Waals surface area contributed by atoms with Crippen molar-refractivity contribution in [3.05, 3.63) is 23.8 Å². The van der Waals surface area contributed by atoms with Crippen molar-refractivity contribution >= 4 is 34.3 Å². The number of hydrogen-bond donors (Lipinski definition) is 0. The summed E-state index contributed by atoms with van der Waals surface area (Å²) >= 11 is 1.31. The second-order valence-corrected chi connectivity index (χ2v) is 7.00. The van der Waals surface area contributed by atoms with E-state index in [1.165, 1.54) is 11.8 Å². The summed E-state index contributed by atoms with van der Waals surface area (Å²) in [5, 5.41) is 10.2. The first kappa shape index (κ1) is 16.0. The maximum atomic E-state index is 11.8. The van der Waals surface area contributed by atoms with Gasteiger partial charge in [-0.05, 0) is 38.5 Å². The zero-order valence-corrected chi connectivity index (χ0v) is 14.9. The Morgan fingerprint density at radius 2 is 2.04 bits per heavy atom. The maximum absolute atomic E-state index is 11.8. The number of pyridine rings is 1. The predicted molar refractivity (Wildman–Crippen MR) is 93.3 cm³/mol. The standard InChI is InChI=1S/C17H17N3O4S/c1-9(2)24-15(21)7-25-17-19-18-16-10(3)4-11-5-13-14(23-8-22-13)6-12(11)20(16)17/h4-6,9H,7-8H2,1-3H3. The third-order valence-corrected chi connectivity index (χ3v) is 4.71. The molecule has 130 valence electrons.